The maximum absolute atomic E-state index is 11.4. The van der Waals surface area contributed by atoms with Crippen molar-refractivity contribution < 1.29 is 24.2 Å². The Kier molecular flexibility index (Phi) is 6.14. The minimum absolute atomic E-state index is 0.241. The van der Waals surface area contributed by atoms with E-state index in [0.29, 0.717) is 6.42 Å². The molecule has 0 spiro atoms. The van der Waals surface area contributed by atoms with Crippen LogP contribution in [-0.2, 0) is 9.47 Å². The fraction of sp³-hybridized carbons (Fsp3) is 0.500. The summed E-state index contributed by atoms with van der Waals surface area (Å²) in [7, 11) is 1.47. The summed E-state index contributed by atoms with van der Waals surface area (Å²) in [6.45, 7) is 2.21. The Bertz CT molecular complexity index is 406. The minimum atomic E-state index is -1.01. The quantitative estimate of drug-likeness (QED) is 0.814. The molecule has 1 aromatic rings. The molecule has 19 heavy (non-hydrogen) atoms. The van der Waals surface area contributed by atoms with Crippen molar-refractivity contribution in [3.8, 4) is 0 Å². The van der Waals surface area contributed by atoms with Crippen molar-refractivity contribution in [2.75, 3.05) is 20.2 Å². The summed E-state index contributed by atoms with van der Waals surface area (Å²) in [6, 6.07) is 3.69. The zero-order chi connectivity index (χ0) is 14.3. The highest BCUT2D eigenvalue weighted by atomic mass is 32.1. The van der Waals surface area contributed by atoms with Gasteiger partial charge in [-0.05, 0) is 18.4 Å². The molecule has 0 aliphatic carbocycles. The molecule has 0 bridgehead atoms. The van der Waals surface area contributed by atoms with E-state index in [1.807, 2.05) is 17.5 Å². The van der Waals surface area contributed by atoms with E-state index in [-0.39, 0.29) is 13.2 Å². The topological polar surface area (TPSA) is 76.1 Å². The standard InChI is InChI=1S/C12H17NO5S/c1-3-17-12(16)18-9(10-5-4-8-19-10)6-7-13(2)11(14)15/h4-5,8-9H,3,6-7H2,1-2H3,(H,14,15)/t9-/m0/s1. The second kappa shape index (κ2) is 7.63. The van der Waals surface area contributed by atoms with Gasteiger partial charge in [-0.1, -0.05) is 6.07 Å². The lowest BCUT2D eigenvalue weighted by Crippen LogP contribution is -2.27. The zero-order valence-electron chi connectivity index (χ0n) is 10.9. The normalized spacial score (nSPS) is 11.7. The highest BCUT2D eigenvalue weighted by Gasteiger charge is 2.20. The molecule has 1 aromatic heterocycles. The maximum Gasteiger partial charge on any atom is 0.508 e. The van der Waals surface area contributed by atoms with Crippen LogP contribution in [0.3, 0.4) is 0 Å². The van der Waals surface area contributed by atoms with E-state index in [9.17, 15) is 9.59 Å². The Morgan fingerprint density at radius 3 is 2.79 bits per heavy atom. The van der Waals surface area contributed by atoms with E-state index in [4.69, 9.17) is 14.6 Å². The highest BCUT2D eigenvalue weighted by Crippen LogP contribution is 2.26. The molecule has 0 radical (unpaired) electrons. The fourth-order valence-electron chi connectivity index (χ4n) is 1.41. The molecule has 1 amide bonds. The molecule has 0 aromatic carbocycles. The first kappa shape index (κ1) is 15.3. The van der Waals surface area contributed by atoms with E-state index in [0.717, 1.165) is 9.78 Å². The maximum atomic E-state index is 11.4. The molecule has 1 atom stereocenters. The van der Waals surface area contributed by atoms with Crippen LogP contribution in [0.25, 0.3) is 0 Å². The number of rotatable bonds is 6. The average Bonchev–Trinajstić information content (AvgIpc) is 2.87. The van der Waals surface area contributed by atoms with Crippen molar-refractivity contribution in [1.82, 2.24) is 4.90 Å². The Morgan fingerprint density at radius 2 is 2.26 bits per heavy atom. The van der Waals surface area contributed by atoms with Gasteiger partial charge in [-0.2, -0.15) is 0 Å². The molecule has 0 saturated heterocycles. The van der Waals surface area contributed by atoms with Crippen LogP contribution in [0.2, 0.25) is 0 Å². The third kappa shape index (κ3) is 5.17. The van der Waals surface area contributed by atoms with Gasteiger partial charge in [0.1, 0.15) is 6.10 Å². The lowest BCUT2D eigenvalue weighted by molar-refractivity contribution is 0.0216. The largest absolute Gasteiger partial charge is 0.508 e. The molecular weight excluding hydrogens is 270 g/mol. The van der Waals surface area contributed by atoms with E-state index < -0.39 is 18.4 Å². The number of hydrogen-bond donors (Lipinski definition) is 1. The van der Waals surface area contributed by atoms with Gasteiger partial charge in [-0.25, -0.2) is 9.59 Å². The summed E-state index contributed by atoms with van der Waals surface area (Å²) in [6.07, 6.45) is -1.84. The molecule has 0 saturated carbocycles. The number of thiophene rings is 1. The van der Waals surface area contributed by atoms with Crippen molar-refractivity contribution in [1.29, 1.82) is 0 Å². The Morgan fingerprint density at radius 1 is 1.53 bits per heavy atom. The monoisotopic (exact) mass is 287 g/mol. The first-order valence-corrected chi connectivity index (χ1v) is 6.73. The van der Waals surface area contributed by atoms with Crippen molar-refractivity contribution in [2.45, 2.75) is 19.4 Å². The van der Waals surface area contributed by atoms with E-state index in [2.05, 4.69) is 0 Å². The summed E-state index contributed by atoms with van der Waals surface area (Å²) in [5.41, 5.74) is 0. The molecule has 7 heteroatoms. The number of amides is 1. The van der Waals surface area contributed by atoms with E-state index in [1.54, 1.807) is 6.92 Å². The van der Waals surface area contributed by atoms with Gasteiger partial charge in [0.25, 0.3) is 0 Å². The SMILES string of the molecule is CCOC(=O)O[C@@H](CCN(C)C(=O)O)c1cccs1. The summed E-state index contributed by atoms with van der Waals surface area (Å²) in [5.74, 6) is 0. The van der Waals surface area contributed by atoms with Crippen molar-refractivity contribution in [3.63, 3.8) is 0 Å². The third-order valence-electron chi connectivity index (χ3n) is 2.41. The second-order valence-electron chi connectivity index (χ2n) is 3.80. The van der Waals surface area contributed by atoms with Crippen molar-refractivity contribution >= 4 is 23.6 Å². The van der Waals surface area contributed by atoms with Crippen molar-refractivity contribution in [2.24, 2.45) is 0 Å². The molecule has 0 fully saturated rings. The summed E-state index contributed by atoms with van der Waals surface area (Å²) in [4.78, 5) is 24.1. The lowest BCUT2D eigenvalue weighted by Gasteiger charge is -2.19. The summed E-state index contributed by atoms with van der Waals surface area (Å²) >= 11 is 1.45. The second-order valence-corrected chi connectivity index (χ2v) is 4.78. The molecular formula is C12H17NO5S. The average molecular weight is 287 g/mol. The molecule has 0 aliphatic heterocycles. The third-order valence-corrected chi connectivity index (χ3v) is 3.38. The summed E-state index contributed by atoms with van der Waals surface area (Å²) < 4.78 is 9.93. The van der Waals surface area contributed by atoms with Crippen LogP contribution in [0, 0.1) is 0 Å². The van der Waals surface area contributed by atoms with Gasteiger partial charge in [0, 0.05) is 24.9 Å². The number of carboxylic acid groups (broad SMARTS) is 1. The van der Waals surface area contributed by atoms with Gasteiger partial charge in [-0.3, -0.25) is 0 Å². The number of hydrogen-bond acceptors (Lipinski definition) is 5. The van der Waals surface area contributed by atoms with Crippen LogP contribution in [-0.4, -0.2) is 42.5 Å². The molecule has 106 valence electrons. The first-order chi connectivity index (χ1) is 9.04. The van der Waals surface area contributed by atoms with Gasteiger partial charge in [0.15, 0.2) is 0 Å². The fourth-order valence-corrected chi connectivity index (χ4v) is 2.20. The highest BCUT2D eigenvalue weighted by molar-refractivity contribution is 7.10. The Balaban J connectivity index is 2.60. The van der Waals surface area contributed by atoms with Gasteiger partial charge < -0.3 is 19.5 Å². The Labute approximate surface area is 115 Å². The molecule has 1 heterocycles. The number of carbonyl (C=O) groups is 2. The lowest BCUT2D eigenvalue weighted by atomic mass is 10.2. The van der Waals surface area contributed by atoms with Gasteiger partial charge in [-0.15, -0.1) is 11.3 Å². The van der Waals surface area contributed by atoms with Crippen LogP contribution in [0.1, 0.15) is 24.3 Å². The van der Waals surface area contributed by atoms with Gasteiger partial charge >= 0.3 is 12.2 Å². The van der Waals surface area contributed by atoms with Crippen LogP contribution in [0.4, 0.5) is 9.59 Å². The molecule has 1 rings (SSSR count). The zero-order valence-corrected chi connectivity index (χ0v) is 11.7. The van der Waals surface area contributed by atoms with Crippen molar-refractivity contribution in [3.05, 3.63) is 22.4 Å². The number of nitrogens with zero attached hydrogens (tertiary/aromatic N) is 1. The first-order valence-electron chi connectivity index (χ1n) is 5.85. The Hall–Kier alpha value is -1.76. The van der Waals surface area contributed by atoms with Gasteiger partial charge in [0.05, 0.1) is 6.61 Å². The summed E-state index contributed by atoms with van der Waals surface area (Å²) in [5, 5.41) is 10.7. The van der Waals surface area contributed by atoms with Crippen LogP contribution < -0.4 is 0 Å². The number of ether oxygens (including phenoxy) is 2. The molecule has 1 N–H and O–H groups in total. The molecule has 0 aliphatic rings. The minimum Gasteiger partial charge on any atom is -0.465 e. The van der Waals surface area contributed by atoms with Crippen LogP contribution >= 0.6 is 11.3 Å². The smallest absolute Gasteiger partial charge is 0.465 e. The van der Waals surface area contributed by atoms with Crippen LogP contribution in [0.15, 0.2) is 17.5 Å². The molecule has 6 nitrogen and oxygen atoms in total. The van der Waals surface area contributed by atoms with Crippen LogP contribution in [0.5, 0.6) is 0 Å². The van der Waals surface area contributed by atoms with Gasteiger partial charge in [0.2, 0.25) is 0 Å². The number of carbonyl (C=O) groups excluding carboxylic acids is 1. The predicted octanol–water partition coefficient (Wildman–Crippen LogP) is 2.96. The van der Waals surface area contributed by atoms with E-state index >= 15 is 0 Å². The molecule has 0 unspecified atom stereocenters. The van der Waals surface area contributed by atoms with E-state index in [1.165, 1.54) is 18.4 Å². The predicted molar refractivity (Wildman–Crippen MR) is 70.4 cm³/mol.